The molecule has 0 aliphatic carbocycles. The predicted octanol–water partition coefficient (Wildman–Crippen LogP) is 2.64. The van der Waals surface area contributed by atoms with Crippen LogP contribution in [0.1, 0.15) is 38.1 Å². The second kappa shape index (κ2) is 6.12. The Labute approximate surface area is 130 Å². The SMILES string of the molecule is COc1cc(C(=O)NC(C)(C)C(C)(C)O)cc(Cl)c1OC. The fourth-order valence-corrected chi connectivity index (χ4v) is 1.85. The number of aliphatic hydroxyl groups is 1. The van der Waals surface area contributed by atoms with Crippen LogP contribution in [-0.2, 0) is 0 Å². The second-order valence-corrected chi connectivity index (χ2v) is 6.24. The van der Waals surface area contributed by atoms with Crippen LogP contribution < -0.4 is 14.8 Å². The van der Waals surface area contributed by atoms with Gasteiger partial charge < -0.3 is 19.9 Å². The Hall–Kier alpha value is -1.46. The van der Waals surface area contributed by atoms with Gasteiger partial charge in [-0.2, -0.15) is 0 Å². The summed E-state index contributed by atoms with van der Waals surface area (Å²) in [6.07, 6.45) is 0. The third-order valence-electron chi connectivity index (χ3n) is 3.65. The van der Waals surface area contributed by atoms with Crippen molar-refractivity contribution >= 4 is 17.5 Å². The highest BCUT2D eigenvalue weighted by atomic mass is 35.5. The summed E-state index contributed by atoms with van der Waals surface area (Å²) in [5, 5.41) is 13.2. The minimum Gasteiger partial charge on any atom is -0.493 e. The van der Waals surface area contributed by atoms with E-state index in [1.54, 1.807) is 33.8 Å². The number of rotatable bonds is 5. The highest BCUT2D eigenvalue weighted by molar-refractivity contribution is 6.32. The molecular formula is C15H22ClNO4. The van der Waals surface area contributed by atoms with Crippen LogP contribution in [0.5, 0.6) is 11.5 Å². The van der Waals surface area contributed by atoms with Crippen LogP contribution in [-0.4, -0.2) is 36.4 Å². The van der Waals surface area contributed by atoms with Gasteiger partial charge in [0.05, 0.1) is 30.4 Å². The van der Waals surface area contributed by atoms with Crippen molar-refractivity contribution in [3.63, 3.8) is 0 Å². The molecule has 1 aromatic rings. The van der Waals surface area contributed by atoms with Crippen molar-refractivity contribution in [3.8, 4) is 11.5 Å². The van der Waals surface area contributed by atoms with Crippen LogP contribution in [0.25, 0.3) is 0 Å². The van der Waals surface area contributed by atoms with Gasteiger partial charge in [-0.15, -0.1) is 0 Å². The van der Waals surface area contributed by atoms with E-state index in [-0.39, 0.29) is 10.9 Å². The zero-order valence-corrected chi connectivity index (χ0v) is 14.0. The van der Waals surface area contributed by atoms with Gasteiger partial charge in [0.25, 0.3) is 5.91 Å². The van der Waals surface area contributed by atoms with Crippen LogP contribution in [0.15, 0.2) is 12.1 Å². The highest BCUT2D eigenvalue weighted by Crippen LogP contribution is 2.36. The Balaban J connectivity index is 3.12. The standard InChI is InChI=1S/C15H22ClNO4/c1-14(2,15(3,4)19)17-13(18)9-7-10(16)12(21-6)11(8-9)20-5/h7-8,19H,1-6H3,(H,17,18). The lowest BCUT2D eigenvalue weighted by atomic mass is 9.85. The number of hydrogen-bond acceptors (Lipinski definition) is 4. The zero-order chi connectivity index (χ0) is 16.4. The van der Waals surface area contributed by atoms with E-state index >= 15 is 0 Å². The monoisotopic (exact) mass is 315 g/mol. The lowest BCUT2D eigenvalue weighted by molar-refractivity contribution is -0.00293. The molecule has 118 valence electrons. The van der Waals surface area contributed by atoms with Crippen molar-refractivity contribution in [2.24, 2.45) is 0 Å². The molecule has 0 spiro atoms. The third-order valence-corrected chi connectivity index (χ3v) is 3.93. The van der Waals surface area contributed by atoms with E-state index in [9.17, 15) is 9.90 Å². The molecule has 1 rings (SSSR count). The Morgan fingerprint density at radius 3 is 2.19 bits per heavy atom. The molecule has 5 nitrogen and oxygen atoms in total. The van der Waals surface area contributed by atoms with Crippen molar-refractivity contribution in [2.45, 2.75) is 38.8 Å². The Morgan fingerprint density at radius 2 is 1.76 bits per heavy atom. The maximum absolute atomic E-state index is 12.3. The van der Waals surface area contributed by atoms with Crippen LogP contribution in [0.3, 0.4) is 0 Å². The van der Waals surface area contributed by atoms with Gasteiger partial charge in [0.15, 0.2) is 11.5 Å². The van der Waals surface area contributed by atoms with Gasteiger partial charge in [-0.3, -0.25) is 4.79 Å². The number of methoxy groups -OCH3 is 2. The van der Waals surface area contributed by atoms with E-state index in [1.165, 1.54) is 20.3 Å². The van der Waals surface area contributed by atoms with E-state index in [4.69, 9.17) is 21.1 Å². The number of hydrogen-bond donors (Lipinski definition) is 2. The smallest absolute Gasteiger partial charge is 0.251 e. The summed E-state index contributed by atoms with van der Waals surface area (Å²) in [5.41, 5.74) is -1.57. The highest BCUT2D eigenvalue weighted by Gasteiger charge is 2.36. The third kappa shape index (κ3) is 3.80. The maximum Gasteiger partial charge on any atom is 0.251 e. The number of halogens is 1. The van der Waals surface area contributed by atoms with Gasteiger partial charge >= 0.3 is 0 Å². The molecule has 0 aromatic heterocycles. The summed E-state index contributed by atoms with van der Waals surface area (Å²) in [6.45, 7) is 6.75. The minimum atomic E-state index is -1.08. The van der Waals surface area contributed by atoms with Crippen LogP contribution in [0.4, 0.5) is 0 Å². The molecule has 0 aliphatic rings. The average Bonchev–Trinajstić information content (AvgIpc) is 2.35. The summed E-state index contributed by atoms with van der Waals surface area (Å²) in [5.74, 6) is 0.388. The normalized spacial score (nSPS) is 12.0. The largest absolute Gasteiger partial charge is 0.493 e. The van der Waals surface area contributed by atoms with Crippen LogP contribution in [0, 0.1) is 0 Å². The number of ether oxygens (including phenoxy) is 2. The maximum atomic E-state index is 12.3. The average molecular weight is 316 g/mol. The molecule has 0 unspecified atom stereocenters. The molecule has 0 fully saturated rings. The zero-order valence-electron chi connectivity index (χ0n) is 13.2. The summed E-state index contributed by atoms with van der Waals surface area (Å²) < 4.78 is 10.3. The van der Waals surface area contributed by atoms with Crippen molar-refractivity contribution in [2.75, 3.05) is 14.2 Å². The van der Waals surface area contributed by atoms with Crippen molar-refractivity contribution in [1.29, 1.82) is 0 Å². The van der Waals surface area contributed by atoms with Gasteiger partial charge in [-0.1, -0.05) is 11.6 Å². The molecule has 0 saturated heterocycles. The van der Waals surface area contributed by atoms with Gasteiger partial charge in [0, 0.05) is 5.56 Å². The van der Waals surface area contributed by atoms with Crippen molar-refractivity contribution < 1.29 is 19.4 Å². The molecule has 0 radical (unpaired) electrons. The van der Waals surface area contributed by atoms with E-state index in [2.05, 4.69) is 5.32 Å². The molecule has 2 N–H and O–H groups in total. The molecule has 0 atom stereocenters. The molecule has 1 aromatic carbocycles. The first-order valence-corrected chi connectivity index (χ1v) is 6.87. The Bertz CT molecular complexity index is 535. The fourth-order valence-electron chi connectivity index (χ4n) is 1.56. The number of carbonyl (C=O) groups is 1. The van der Waals surface area contributed by atoms with Crippen molar-refractivity contribution in [1.82, 2.24) is 5.32 Å². The van der Waals surface area contributed by atoms with Gasteiger partial charge in [0.1, 0.15) is 0 Å². The van der Waals surface area contributed by atoms with Crippen LogP contribution in [0.2, 0.25) is 5.02 Å². The van der Waals surface area contributed by atoms with Crippen LogP contribution >= 0.6 is 11.6 Å². The lowest BCUT2D eigenvalue weighted by Crippen LogP contribution is -2.57. The molecule has 0 aliphatic heterocycles. The minimum absolute atomic E-state index is 0.281. The molecule has 0 bridgehead atoms. The van der Waals surface area contributed by atoms with Crippen molar-refractivity contribution in [3.05, 3.63) is 22.7 Å². The number of carbonyl (C=O) groups excluding carboxylic acids is 1. The summed E-state index contributed by atoms with van der Waals surface area (Å²) in [4.78, 5) is 12.3. The number of amides is 1. The second-order valence-electron chi connectivity index (χ2n) is 5.83. The first kappa shape index (κ1) is 17.6. The number of benzene rings is 1. The molecule has 0 saturated carbocycles. The van der Waals surface area contributed by atoms with E-state index in [0.29, 0.717) is 17.1 Å². The summed E-state index contributed by atoms with van der Waals surface area (Å²) >= 11 is 6.08. The molecule has 21 heavy (non-hydrogen) atoms. The fraction of sp³-hybridized carbons (Fsp3) is 0.533. The topological polar surface area (TPSA) is 67.8 Å². The summed E-state index contributed by atoms with van der Waals surface area (Å²) in [7, 11) is 2.94. The quantitative estimate of drug-likeness (QED) is 0.876. The van der Waals surface area contributed by atoms with Gasteiger partial charge in [-0.25, -0.2) is 0 Å². The summed E-state index contributed by atoms with van der Waals surface area (Å²) in [6, 6.07) is 3.04. The van der Waals surface area contributed by atoms with Gasteiger partial charge in [0.2, 0.25) is 0 Å². The van der Waals surface area contributed by atoms with E-state index in [0.717, 1.165) is 0 Å². The lowest BCUT2D eigenvalue weighted by Gasteiger charge is -2.38. The van der Waals surface area contributed by atoms with Gasteiger partial charge in [-0.05, 0) is 39.8 Å². The first-order valence-electron chi connectivity index (χ1n) is 6.50. The van der Waals surface area contributed by atoms with E-state index < -0.39 is 11.1 Å². The molecule has 6 heteroatoms. The Morgan fingerprint density at radius 1 is 1.19 bits per heavy atom. The number of nitrogens with one attached hydrogen (secondary N) is 1. The molecule has 0 heterocycles. The van der Waals surface area contributed by atoms with E-state index in [1.807, 2.05) is 0 Å². The first-order chi connectivity index (χ1) is 9.53. The predicted molar refractivity (Wildman–Crippen MR) is 82.4 cm³/mol. The molecule has 1 amide bonds. The Kier molecular flexibility index (Phi) is 5.12. The molecular weight excluding hydrogens is 294 g/mol.